The zero-order valence-corrected chi connectivity index (χ0v) is 16.8. The molecule has 0 heterocycles. The van der Waals surface area contributed by atoms with Crippen molar-refractivity contribution in [2.45, 2.75) is 13.3 Å². The maximum Gasteiger partial charge on any atom is 0.249 e. The molecular weight excluding hydrogens is 413 g/mol. The topological polar surface area (TPSA) is 89.0 Å². The van der Waals surface area contributed by atoms with E-state index in [1.807, 2.05) is 0 Å². The maximum atomic E-state index is 12.9. The third-order valence-electron chi connectivity index (χ3n) is 3.48. The molecular formula is C21H19ClFN3O4. The van der Waals surface area contributed by atoms with E-state index in [4.69, 9.17) is 27.5 Å². The molecule has 2 rings (SSSR count). The number of anilines is 1. The number of hydrazone groups is 1. The van der Waals surface area contributed by atoms with Gasteiger partial charge in [-0.1, -0.05) is 17.5 Å². The van der Waals surface area contributed by atoms with E-state index >= 15 is 0 Å². The van der Waals surface area contributed by atoms with E-state index in [-0.39, 0.29) is 11.6 Å². The highest BCUT2D eigenvalue weighted by Gasteiger charge is 2.12. The Hall–Kier alpha value is -3.57. The molecule has 0 saturated heterocycles. The summed E-state index contributed by atoms with van der Waals surface area (Å²) in [7, 11) is 0. The van der Waals surface area contributed by atoms with Gasteiger partial charge in [0.25, 0.3) is 0 Å². The Morgan fingerprint density at radius 1 is 1.23 bits per heavy atom. The predicted molar refractivity (Wildman–Crippen MR) is 112 cm³/mol. The summed E-state index contributed by atoms with van der Waals surface area (Å²) >= 11 is 6.20. The Morgan fingerprint density at radius 2 is 1.97 bits per heavy atom. The van der Waals surface area contributed by atoms with Gasteiger partial charge in [0.15, 0.2) is 11.5 Å². The molecule has 156 valence electrons. The van der Waals surface area contributed by atoms with Crippen LogP contribution in [0.5, 0.6) is 11.5 Å². The van der Waals surface area contributed by atoms with Crippen LogP contribution in [0.1, 0.15) is 18.9 Å². The Labute approximate surface area is 178 Å². The van der Waals surface area contributed by atoms with Crippen molar-refractivity contribution < 1.29 is 23.5 Å². The molecule has 9 heteroatoms. The summed E-state index contributed by atoms with van der Waals surface area (Å²) in [5.74, 6) is 1.42. The number of hydrogen-bond donors (Lipinski definition) is 2. The molecule has 0 radical (unpaired) electrons. The summed E-state index contributed by atoms with van der Waals surface area (Å²) in [6.45, 7) is 2.21. The molecule has 0 atom stereocenters. The molecule has 0 bridgehead atoms. The molecule has 0 aromatic heterocycles. The van der Waals surface area contributed by atoms with Crippen molar-refractivity contribution in [2.75, 3.05) is 18.5 Å². The highest BCUT2D eigenvalue weighted by atomic mass is 35.5. The monoisotopic (exact) mass is 431 g/mol. The fourth-order valence-corrected chi connectivity index (χ4v) is 2.56. The molecule has 30 heavy (non-hydrogen) atoms. The van der Waals surface area contributed by atoms with Gasteiger partial charge in [-0.3, -0.25) is 9.59 Å². The highest BCUT2D eigenvalue weighted by Crippen LogP contribution is 2.36. The number of halogens is 2. The van der Waals surface area contributed by atoms with Crippen LogP contribution in [0.4, 0.5) is 10.1 Å². The Bertz CT molecular complexity index is 971. The lowest BCUT2D eigenvalue weighted by molar-refractivity contribution is -0.126. The standard InChI is InChI=1S/C21H19ClFN3O4/c1-3-9-30-21-17(22)10-14(11-18(21)29-4-2)13-24-26-20(28)12-19(27)25-16-7-5-15(23)6-8-16/h1,5-8,10-11,13H,4,9,12H2,2H3,(H,25,27)(H,26,28). The van der Waals surface area contributed by atoms with Gasteiger partial charge in [0.05, 0.1) is 17.8 Å². The van der Waals surface area contributed by atoms with E-state index in [1.54, 1.807) is 19.1 Å². The van der Waals surface area contributed by atoms with Crippen molar-refractivity contribution in [1.82, 2.24) is 5.43 Å². The van der Waals surface area contributed by atoms with Crippen molar-refractivity contribution in [3.05, 3.63) is 52.8 Å². The number of rotatable bonds is 9. The van der Waals surface area contributed by atoms with E-state index in [0.717, 1.165) is 0 Å². The smallest absolute Gasteiger partial charge is 0.249 e. The van der Waals surface area contributed by atoms with Crippen LogP contribution in [-0.4, -0.2) is 31.2 Å². The third-order valence-corrected chi connectivity index (χ3v) is 3.76. The fraction of sp³-hybridized carbons (Fsp3) is 0.190. The number of ether oxygens (including phenoxy) is 2. The third kappa shape index (κ3) is 7.11. The molecule has 2 aromatic carbocycles. The number of terminal acetylenes is 1. The Morgan fingerprint density at radius 3 is 2.63 bits per heavy atom. The summed E-state index contributed by atoms with van der Waals surface area (Å²) in [5, 5.41) is 6.55. The molecule has 0 unspecified atom stereocenters. The molecule has 0 aliphatic carbocycles. The van der Waals surface area contributed by atoms with Crippen LogP contribution in [-0.2, 0) is 9.59 Å². The lowest BCUT2D eigenvalue weighted by atomic mass is 10.2. The van der Waals surface area contributed by atoms with Gasteiger partial charge >= 0.3 is 0 Å². The van der Waals surface area contributed by atoms with Crippen LogP contribution in [0, 0.1) is 18.2 Å². The van der Waals surface area contributed by atoms with Crippen LogP contribution in [0.3, 0.4) is 0 Å². The minimum atomic E-state index is -0.629. The number of nitrogens with one attached hydrogen (secondary N) is 2. The van der Waals surface area contributed by atoms with Crippen LogP contribution >= 0.6 is 11.6 Å². The number of amides is 2. The van der Waals surface area contributed by atoms with Crippen LogP contribution in [0.25, 0.3) is 0 Å². The van der Waals surface area contributed by atoms with Crippen molar-refractivity contribution in [2.24, 2.45) is 5.10 Å². The predicted octanol–water partition coefficient (Wildman–Crippen LogP) is 3.37. The van der Waals surface area contributed by atoms with E-state index < -0.39 is 24.1 Å². The minimum absolute atomic E-state index is 0.0310. The molecule has 0 aliphatic heterocycles. The normalized spacial score (nSPS) is 10.3. The van der Waals surface area contributed by atoms with Gasteiger partial charge in [-0.05, 0) is 48.9 Å². The molecule has 0 fully saturated rings. The number of nitrogens with zero attached hydrogens (tertiary/aromatic N) is 1. The highest BCUT2D eigenvalue weighted by molar-refractivity contribution is 6.32. The average molecular weight is 432 g/mol. The molecule has 0 aliphatic rings. The first kappa shape index (κ1) is 22.7. The molecule has 2 aromatic rings. The lowest BCUT2D eigenvalue weighted by Crippen LogP contribution is -2.24. The van der Waals surface area contributed by atoms with E-state index in [2.05, 4.69) is 21.8 Å². The van der Waals surface area contributed by atoms with Gasteiger partial charge in [-0.2, -0.15) is 5.10 Å². The summed E-state index contributed by atoms with van der Waals surface area (Å²) < 4.78 is 23.7. The zero-order chi connectivity index (χ0) is 21.9. The van der Waals surface area contributed by atoms with E-state index in [9.17, 15) is 14.0 Å². The fourth-order valence-electron chi connectivity index (χ4n) is 2.28. The van der Waals surface area contributed by atoms with E-state index in [0.29, 0.717) is 29.4 Å². The second kappa shape index (κ2) is 11.4. The number of carbonyl (C=O) groups excluding carboxylic acids is 2. The Balaban J connectivity index is 1.95. The summed E-state index contributed by atoms with van der Waals surface area (Å²) in [6, 6.07) is 8.36. The second-order valence-corrected chi connectivity index (χ2v) is 6.19. The zero-order valence-electron chi connectivity index (χ0n) is 16.1. The first-order valence-electron chi connectivity index (χ1n) is 8.82. The van der Waals surface area contributed by atoms with E-state index in [1.165, 1.54) is 30.5 Å². The summed E-state index contributed by atoms with van der Waals surface area (Å²) in [6.07, 6.45) is 6.08. The summed E-state index contributed by atoms with van der Waals surface area (Å²) in [5.41, 5.74) is 3.16. The average Bonchev–Trinajstić information content (AvgIpc) is 2.69. The SMILES string of the molecule is C#CCOc1c(Cl)cc(C=NNC(=O)CC(=O)Nc2ccc(F)cc2)cc1OCC. The van der Waals surface area contributed by atoms with Gasteiger partial charge < -0.3 is 14.8 Å². The lowest BCUT2D eigenvalue weighted by Gasteiger charge is -2.12. The number of carbonyl (C=O) groups is 2. The quantitative estimate of drug-likeness (QED) is 0.276. The van der Waals surface area contributed by atoms with Crippen molar-refractivity contribution >= 4 is 35.3 Å². The molecule has 0 spiro atoms. The van der Waals surface area contributed by atoms with Gasteiger partial charge in [-0.25, -0.2) is 9.82 Å². The van der Waals surface area contributed by atoms with Crippen LogP contribution in [0.2, 0.25) is 5.02 Å². The first-order chi connectivity index (χ1) is 14.4. The molecule has 7 nitrogen and oxygen atoms in total. The van der Waals surface area contributed by atoms with Crippen molar-refractivity contribution in [3.8, 4) is 23.8 Å². The van der Waals surface area contributed by atoms with Crippen LogP contribution < -0.4 is 20.2 Å². The molecule has 0 saturated carbocycles. The van der Waals surface area contributed by atoms with Crippen LogP contribution in [0.15, 0.2) is 41.5 Å². The van der Waals surface area contributed by atoms with Gasteiger partial charge in [0.1, 0.15) is 18.8 Å². The maximum absolute atomic E-state index is 12.9. The van der Waals surface area contributed by atoms with Crippen molar-refractivity contribution in [1.29, 1.82) is 0 Å². The molecule has 2 amide bonds. The summed E-state index contributed by atoms with van der Waals surface area (Å²) in [4.78, 5) is 23.7. The largest absolute Gasteiger partial charge is 0.490 e. The number of benzene rings is 2. The Kier molecular flexibility index (Phi) is 8.66. The second-order valence-electron chi connectivity index (χ2n) is 5.78. The van der Waals surface area contributed by atoms with Gasteiger partial charge in [0.2, 0.25) is 11.8 Å². The molecule has 2 N–H and O–H groups in total. The van der Waals surface area contributed by atoms with Gasteiger partial charge in [0, 0.05) is 5.69 Å². The number of hydrogen-bond acceptors (Lipinski definition) is 5. The van der Waals surface area contributed by atoms with Crippen molar-refractivity contribution in [3.63, 3.8) is 0 Å². The first-order valence-corrected chi connectivity index (χ1v) is 9.20. The minimum Gasteiger partial charge on any atom is -0.490 e. The van der Waals surface area contributed by atoms with Gasteiger partial charge in [-0.15, -0.1) is 6.42 Å².